The SMILES string of the molecule is CC(C)CCn1ccc(-c2ccc(O)c(N3CC(=O)NS3=O)c2F)c1. The van der Waals surface area contributed by atoms with Crippen molar-refractivity contribution >= 4 is 22.8 Å². The zero-order chi connectivity index (χ0) is 18.1. The lowest BCUT2D eigenvalue weighted by atomic mass is 10.1. The van der Waals surface area contributed by atoms with Crippen molar-refractivity contribution in [2.45, 2.75) is 26.8 Å². The smallest absolute Gasteiger partial charge is 0.253 e. The van der Waals surface area contributed by atoms with Crippen molar-refractivity contribution in [3.05, 3.63) is 36.4 Å². The fraction of sp³-hybridized carbons (Fsp3) is 0.353. The summed E-state index contributed by atoms with van der Waals surface area (Å²) in [5.41, 5.74) is 0.711. The molecule has 0 saturated carbocycles. The molecule has 8 heteroatoms. The van der Waals surface area contributed by atoms with E-state index in [1.54, 1.807) is 6.07 Å². The van der Waals surface area contributed by atoms with Crippen molar-refractivity contribution < 1.29 is 18.5 Å². The Hall–Kier alpha value is -2.35. The highest BCUT2D eigenvalue weighted by Gasteiger charge is 2.32. The number of phenolic OH excluding ortho intramolecular Hbond substituents is 1. The van der Waals surface area contributed by atoms with E-state index in [2.05, 4.69) is 18.6 Å². The van der Waals surface area contributed by atoms with Crippen LogP contribution >= 0.6 is 0 Å². The number of anilines is 1. The Morgan fingerprint density at radius 3 is 2.76 bits per heavy atom. The van der Waals surface area contributed by atoms with E-state index >= 15 is 4.39 Å². The van der Waals surface area contributed by atoms with Gasteiger partial charge in [-0.15, -0.1) is 0 Å². The number of carbonyl (C=O) groups is 1. The Morgan fingerprint density at radius 2 is 2.12 bits per heavy atom. The van der Waals surface area contributed by atoms with Crippen LogP contribution in [0.25, 0.3) is 11.1 Å². The molecule has 0 aliphatic carbocycles. The minimum atomic E-state index is -1.90. The number of carbonyl (C=O) groups excluding carboxylic acids is 1. The molecular weight excluding hydrogens is 345 g/mol. The fourth-order valence-electron chi connectivity index (χ4n) is 2.70. The second kappa shape index (κ2) is 6.87. The number of hydrogen-bond donors (Lipinski definition) is 2. The number of aryl methyl sites for hydroxylation is 1. The summed E-state index contributed by atoms with van der Waals surface area (Å²) in [6.07, 6.45) is 4.73. The van der Waals surface area contributed by atoms with E-state index in [1.165, 1.54) is 12.1 Å². The van der Waals surface area contributed by atoms with Gasteiger partial charge in [-0.3, -0.25) is 13.8 Å². The standard InChI is InChI=1S/C17H20FN3O3S/c1-11(2)5-7-20-8-6-12(9-20)13-3-4-14(22)17(16(13)18)21-10-15(23)19-25(21)24/h3-4,6,8-9,11,22H,5,7,10H2,1-2H3,(H,19,23). The van der Waals surface area contributed by atoms with E-state index in [9.17, 15) is 14.1 Å². The number of benzene rings is 1. The van der Waals surface area contributed by atoms with Crippen LogP contribution in [-0.2, 0) is 22.5 Å². The maximum absolute atomic E-state index is 15.0. The van der Waals surface area contributed by atoms with Gasteiger partial charge in [0.2, 0.25) is 11.2 Å². The summed E-state index contributed by atoms with van der Waals surface area (Å²) in [6.45, 7) is 4.85. The molecule has 1 atom stereocenters. The summed E-state index contributed by atoms with van der Waals surface area (Å²) in [5, 5.41) is 10.0. The molecule has 0 bridgehead atoms. The van der Waals surface area contributed by atoms with Gasteiger partial charge in [0.15, 0.2) is 5.82 Å². The number of halogens is 1. The first-order valence-corrected chi connectivity index (χ1v) is 9.14. The van der Waals surface area contributed by atoms with E-state index in [1.807, 2.05) is 17.0 Å². The molecule has 134 valence electrons. The number of rotatable bonds is 5. The summed E-state index contributed by atoms with van der Waals surface area (Å²) in [7, 11) is 0. The molecule has 1 unspecified atom stereocenters. The fourth-order valence-corrected chi connectivity index (χ4v) is 3.64. The highest BCUT2D eigenvalue weighted by molar-refractivity contribution is 7.85. The minimum absolute atomic E-state index is 0.232. The summed E-state index contributed by atoms with van der Waals surface area (Å²) in [6, 6.07) is 4.62. The van der Waals surface area contributed by atoms with Crippen molar-refractivity contribution in [2.75, 3.05) is 10.8 Å². The number of phenols is 1. The van der Waals surface area contributed by atoms with Crippen LogP contribution in [-0.4, -0.2) is 26.3 Å². The number of aromatic nitrogens is 1. The molecule has 6 nitrogen and oxygen atoms in total. The van der Waals surface area contributed by atoms with E-state index < -0.39 is 22.9 Å². The first kappa shape index (κ1) is 17.5. The van der Waals surface area contributed by atoms with E-state index in [0.717, 1.165) is 17.3 Å². The molecule has 1 amide bonds. The average Bonchev–Trinajstić information content (AvgIpc) is 3.12. The van der Waals surface area contributed by atoms with Gasteiger partial charge in [0.25, 0.3) is 5.91 Å². The predicted molar refractivity (Wildman–Crippen MR) is 94.6 cm³/mol. The Bertz CT molecular complexity index is 835. The second-order valence-electron chi connectivity index (χ2n) is 6.43. The molecule has 1 aromatic carbocycles. The molecule has 1 fully saturated rings. The molecule has 1 aromatic heterocycles. The largest absolute Gasteiger partial charge is 0.506 e. The number of nitrogens with zero attached hydrogens (tertiary/aromatic N) is 2. The third-order valence-corrected chi connectivity index (χ3v) is 5.17. The van der Waals surface area contributed by atoms with Gasteiger partial charge in [-0.1, -0.05) is 13.8 Å². The van der Waals surface area contributed by atoms with Gasteiger partial charge in [-0.25, -0.2) is 8.60 Å². The Kier molecular flexibility index (Phi) is 4.80. The zero-order valence-corrected chi connectivity index (χ0v) is 14.8. The lowest BCUT2D eigenvalue weighted by Crippen LogP contribution is -2.23. The van der Waals surface area contributed by atoms with Gasteiger partial charge >= 0.3 is 0 Å². The quantitative estimate of drug-likeness (QED) is 0.855. The van der Waals surface area contributed by atoms with Crippen LogP contribution in [0.5, 0.6) is 5.75 Å². The highest BCUT2D eigenvalue weighted by Crippen LogP contribution is 2.38. The van der Waals surface area contributed by atoms with Gasteiger partial charge in [0.1, 0.15) is 18.0 Å². The third-order valence-electron chi connectivity index (χ3n) is 4.06. The summed E-state index contributed by atoms with van der Waals surface area (Å²) in [5.74, 6) is -0.975. The normalized spacial score (nSPS) is 17.4. The van der Waals surface area contributed by atoms with Crippen molar-refractivity contribution in [2.24, 2.45) is 5.92 Å². The van der Waals surface area contributed by atoms with Gasteiger partial charge < -0.3 is 9.67 Å². The van der Waals surface area contributed by atoms with Crippen molar-refractivity contribution in [3.8, 4) is 16.9 Å². The number of hydrogen-bond acceptors (Lipinski definition) is 3. The van der Waals surface area contributed by atoms with Gasteiger partial charge in [-0.2, -0.15) is 0 Å². The first-order chi connectivity index (χ1) is 11.9. The monoisotopic (exact) mass is 365 g/mol. The van der Waals surface area contributed by atoms with Gasteiger partial charge in [0.05, 0.1) is 0 Å². The van der Waals surface area contributed by atoms with Crippen molar-refractivity contribution in [1.82, 2.24) is 9.29 Å². The molecular formula is C17H20FN3O3S. The van der Waals surface area contributed by atoms with Crippen LogP contribution in [0, 0.1) is 11.7 Å². The van der Waals surface area contributed by atoms with Crippen molar-refractivity contribution in [3.63, 3.8) is 0 Å². The molecule has 2 N–H and O–H groups in total. The van der Waals surface area contributed by atoms with Crippen molar-refractivity contribution in [1.29, 1.82) is 0 Å². The van der Waals surface area contributed by atoms with Crippen LogP contribution < -0.4 is 9.03 Å². The molecule has 0 spiro atoms. The maximum Gasteiger partial charge on any atom is 0.253 e. The summed E-state index contributed by atoms with van der Waals surface area (Å²) < 4.78 is 32.1. The van der Waals surface area contributed by atoms with Crippen LogP contribution in [0.2, 0.25) is 0 Å². The van der Waals surface area contributed by atoms with Crippen LogP contribution in [0.1, 0.15) is 20.3 Å². The molecule has 2 heterocycles. The molecule has 1 saturated heterocycles. The van der Waals surface area contributed by atoms with Crippen LogP contribution in [0.3, 0.4) is 0 Å². The summed E-state index contributed by atoms with van der Waals surface area (Å²) >= 11 is -1.90. The first-order valence-electron chi connectivity index (χ1n) is 8.03. The number of nitrogens with one attached hydrogen (secondary N) is 1. The van der Waals surface area contributed by atoms with E-state index in [4.69, 9.17) is 0 Å². The lowest BCUT2D eigenvalue weighted by molar-refractivity contribution is -0.117. The maximum atomic E-state index is 15.0. The Labute approximate surface area is 148 Å². The summed E-state index contributed by atoms with van der Waals surface area (Å²) in [4.78, 5) is 11.4. The molecule has 1 aliphatic heterocycles. The van der Waals surface area contributed by atoms with Gasteiger partial charge in [-0.05, 0) is 30.5 Å². The Balaban J connectivity index is 1.95. The minimum Gasteiger partial charge on any atom is -0.506 e. The number of amides is 1. The zero-order valence-electron chi connectivity index (χ0n) is 14.0. The van der Waals surface area contributed by atoms with Crippen LogP contribution in [0.15, 0.2) is 30.6 Å². The molecule has 3 rings (SSSR count). The lowest BCUT2D eigenvalue weighted by Gasteiger charge is -2.17. The molecule has 1 aliphatic rings. The molecule has 2 aromatic rings. The number of aromatic hydroxyl groups is 1. The predicted octanol–water partition coefficient (Wildman–Crippen LogP) is 2.56. The average molecular weight is 365 g/mol. The van der Waals surface area contributed by atoms with Gasteiger partial charge in [0, 0.05) is 30.1 Å². The third kappa shape index (κ3) is 3.53. The highest BCUT2D eigenvalue weighted by atomic mass is 32.2. The molecule has 25 heavy (non-hydrogen) atoms. The van der Waals surface area contributed by atoms with E-state index in [0.29, 0.717) is 11.5 Å². The second-order valence-corrected chi connectivity index (χ2v) is 7.57. The Morgan fingerprint density at radius 1 is 1.36 bits per heavy atom. The molecule has 0 radical (unpaired) electrons. The van der Waals surface area contributed by atoms with E-state index in [-0.39, 0.29) is 23.5 Å². The van der Waals surface area contributed by atoms with Crippen LogP contribution in [0.4, 0.5) is 10.1 Å². The topological polar surface area (TPSA) is 74.6 Å².